The number of halogens is 1. The summed E-state index contributed by atoms with van der Waals surface area (Å²) in [6, 6.07) is 2.24. The highest BCUT2D eigenvalue weighted by Crippen LogP contribution is 2.22. The molecule has 1 aromatic rings. The van der Waals surface area contributed by atoms with Gasteiger partial charge in [0.15, 0.2) is 5.15 Å². The largest absolute Gasteiger partial charge is 0.383 e. The highest BCUT2D eigenvalue weighted by atomic mass is 35.5. The second-order valence-electron chi connectivity index (χ2n) is 4.30. The average molecular weight is 243 g/mol. The molecule has 1 unspecified atom stereocenters. The van der Waals surface area contributed by atoms with E-state index < -0.39 is 0 Å². The molecule has 1 rings (SSSR count). The molecule has 90 valence electrons. The van der Waals surface area contributed by atoms with Gasteiger partial charge in [0.1, 0.15) is 0 Å². The minimum Gasteiger partial charge on any atom is -0.383 e. The fourth-order valence-corrected chi connectivity index (χ4v) is 1.59. The van der Waals surface area contributed by atoms with Gasteiger partial charge in [0.05, 0.1) is 18.3 Å². The normalized spacial score (nSPS) is 12.9. The number of anilines is 1. The summed E-state index contributed by atoms with van der Waals surface area (Å²) >= 11 is 6.03. The summed E-state index contributed by atoms with van der Waals surface area (Å²) in [5.41, 5.74) is 1.96. The van der Waals surface area contributed by atoms with Crippen molar-refractivity contribution in [1.82, 2.24) is 4.98 Å². The number of nitrogens with zero attached hydrogens (tertiary/aromatic N) is 1. The number of nitrogens with one attached hydrogen (secondary N) is 1. The maximum Gasteiger partial charge on any atom is 0.152 e. The van der Waals surface area contributed by atoms with Crippen LogP contribution in [-0.4, -0.2) is 24.7 Å². The number of pyridine rings is 1. The molecule has 4 heteroatoms. The Bertz CT molecular complexity index is 342. The third-order valence-corrected chi connectivity index (χ3v) is 2.77. The van der Waals surface area contributed by atoms with Crippen LogP contribution in [-0.2, 0) is 4.74 Å². The smallest absolute Gasteiger partial charge is 0.152 e. The molecule has 0 bridgehead atoms. The van der Waals surface area contributed by atoms with Gasteiger partial charge >= 0.3 is 0 Å². The number of methoxy groups -OCH3 is 1. The summed E-state index contributed by atoms with van der Waals surface area (Å²) in [7, 11) is 1.70. The van der Waals surface area contributed by atoms with Gasteiger partial charge in [-0.3, -0.25) is 0 Å². The average Bonchev–Trinajstić information content (AvgIpc) is 2.22. The zero-order valence-corrected chi connectivity index (χ0v) is 11.0. The molecule has 3 nitrogen and oxygen atoms in total. The Balaban J connectivity index is 2.80. The van der Waals surface area contributed by atoms with E-state index in [1.807, 2.05) is 13.0 Å². The molecule has 0 aliphatic rings. The van der Waals surface area contributed by atoms with E-state index in [9.17, 15) is 0 Å². The van der Waals surface area contributed by atoms with E-state index in [2.05, 4.69) is 24.1 Å². The zero-order chi connectivity index (χ0) is 12.1. The van der Waals surface area contributed by atoms with E-state index in [0.717, 1.165) is 11.3 Å². The van der Waals surface area contributed by atoms with Crippen molar-refractivity contribution in [3.8, 4) is 0 Å². The molecule has 1 aromatic heterocycles. The van der Waals surface area contributed by atoms with Crippen LogP contribution in [0.1, 0.15) is 19.4 Å². The van der Waals surface area contributed by atoms with Crippen LogP contribution in [0.4, 0.5) is 5.69 Å². The number of aromatic nitrogens is 1. The van der Waals surface area contributed by atoms with Gasteiger partial charge in [0.25, 0.3) is 0 Å². The van der Waals surface area contributed by atoms with Crippen molar-refractivity contribution in [1.29, 1.82) is 0 Å². The summed E-state index contributed by atoms with van der Waals surface area (Å²) in [4.78, 5) is 4.11. The summed E-state index contributed by atoms with van der Waals surface area (Å²) in [6.45, 7) is 6.94. The summed E-state index contributed by atoms with van der Waals surface area (Å²) < 4.78 is 5.18. The minimum absolute atomic E-state index is 0.242. The lowest BCUT2D eigenvalue weighted by molar-refractivity contribution is 0.171. The Labute approximate surface area is 102 Å². The van der Waals surface area contributed by atoms with Gasteiger partial charge in [-0.05, 0) is 24.5 Å². The van der Waals surface area contributed by atoms with Crippen molar-refractivity contribution >= 4 is 17.3 Å². The van der Waals surface area contributed by atoms with E-state index in [1.54, 1.807) is 13.3 Å². The maximum absolute atomic E-state index is 6.03. The van der Waals surface area contributed by atoms with Crippen LogP contribution in [0.3, 0.4) is 0 Å². The summed E-state index contributed by atoms with van der Waals surface area (Å²) in [5, 5.41) is 3.88. The first-order valence-electron chi connectivity index (χ1n) is 5.42. The van der Waals surface area contributed by atoms with E-state index in [1.165, 1.54) is 0 Å². The molecule has 0 spiro atoms. The van der Waals surface area contributed by atoms with Crippen LogP contribution in [0.15, 0.2) is 12.3 Å². The third-order valence-electron chi connectivity index (χ3n) is 2.47. The fourth-order valence-electron chi connectivity index (χ4n) is 1.43. The molecule has 1 heterocycles. The summed E-state index contributed by atoms with van der Waals surface area (Å²) in [6.07, 6.45) is 1.76. The van der Waals surface area contributed by atoms with Crippen LogP contribution in [0.5, 0.6) is 0 Å². The highest BCUT2D eigenvalue weighted by Gasteiger charge is 2.14. The van der Waals surface area contributed by atoms with Crippen molar-refractivity contribution in [3.63, 3.8) is 0 Å². The van der Waals surface area contributed by atoms with Crippen LogP contribution >= 0.6 is 11.6 Å². The number of hydrogen-bond acceptors (Lipinski definition) is 3. The molecule has 0 saturated heterocycles. The van der Waals surface area contributed by atoms with Gasteiger partial charge in [-0.15, -0.1) is 0 Å². The zero-order valence-electron chi connectivity index (χ0n) is 10.2. The maximum atomic E-state index is 6.03. The highest BCUT2D eigenvalue weighted by molar-refractivity contribution is 6.31. The Kier molecular flexibility index (Phi) is 5.03. The predicted octanol–water partition coefficient (Wildman–Crippen LogP) is 3.13. The van der Waals surface area contributed by atoms with Crippen LogP contribution in [0.25, 0.3) is 0 Å². The van der Waals surface area contributed by atoms with Crippen LogP contribution in [0.2, 0.25) is 5.15 Å². The lowest BCUT2D eigenvalue weighted by Crippen LogP contribution is -2.30. The molecule has 16 heavy (non-hydrogen) atoms. The molecular weight excluding hydrogens is 224 g/mol. The van der Waals surface area contributed by atoms with Crippen molar-refractivity contribution in [2.75, 3.05) is 19.0 Å². The number of hydrogen-bond donors (Lipinski definition) is 1. The third kappa shape index (κ3) is 3.65. The van der Waals surface area contributed by atoms with Crippen molar-refractivity contribution < 1.29 is 4.74 Å². The lowest BCUT2D eigenvalue weighted by Gasteiger charge is -2.23. The van der Waals surface area contributed by atoms with Crippen LogP contribution in [0, 0.1) is 12.8 Å². The second-order valence-corrected chi connectivity index (χ2v) is 4.66. The quantitative estimate of drug-likeness (QED) is 0.806. The first-order valence-corrected chi connectivity index (χ1v) is 5.80. The van der Waals surface area contributed by atoms with Gasteiger partial charge in [-0.1, -0.05) is 25.4 Å². The molecule has 0 radical (unpaired) electrons. The van der Waals surface area contributed by atoms with Gasteiger partial charge in [-0.2, -0.15) is 0 Å². The minimum atomic E-state index is 0.242. The van der Waals surface area contributed by atoms with Crippen molar-refractivity contribution in [2.45, 2.75) is 26.8 Å². The first kappa shape index (κ1) is 13.3. The van der Waals surface area contributed by atoms with Crippen molar-refractivity contribution in [3.05, 3.63) is 23.0 Å². The molecule has 1 N–H and O–H groups in total. The van der Waals surface area contributed by atoms with E-state index in [0.29, 0.717) is 17.7 Å². The van der Waals surface area contributed by atoms with Gasteiger partial charge in [-0.25, -0.2) is 4.98 Å². The Morgan fingerprint density at radius 1 is 1.50 bits per heavy atom. The molecular formula is C12H19ClN2O. The second kappa shape index (κ2) is 6.06. The van der Waals surface area contributed by atoms with E-state index in [-0.39, 0.29) is 6.04 Å². The van der Waals surface area contributed by atoms with E-state index in [4.69, 9.17) is 16.3 Å². The summed E-state index contributed by atoms with van der Waals surface area (Å²) in [5.74, 6) is 0.469. The Hall–Kier alpha value is -0.800. The van der Waals surface area contributed by atoms with Gasteiger partial charge in [0.2, 0.25) is 0 Å². The van der Waals surface area contributed by atoms with Gasteiger partial charge < -0.3 is 10.1 Å². The molecule has 0 aromatic carbocycles. The van der Waals surface area contributed by atoms with Crippen LogP contribution < -0.4 is 5.32 Å². The molecule has 0 amide bonds. The van der Waals surface area contributed by atoms with E-state index >= 15 is 0 Å². The Morgan fingerprint density at radius 2 is 2.19 bits per heavy atom. The molecule has 0 aliphatic carbocycles. The topological polar surface area (TPSA) is 34.1 Å². The van der Waals surface area contributed by atoms with Crippen molar-refractivity contribution in [2.24, 2.45) is 5.92 Å². The Morgan fingerprint density at radius 3 is 2.75 bits per heavy atom. The first-order chi connectivity index (χ1) is 7.54. The number of aryl methyl sites for hydroxylation is 1. The molecule has 0 aliphatic heterocycles. The standard InChI is InChI=1S/C12H19ClN2O/c1-8(2)11(7-16-4)15-10-5-9(3)6-14-12(10)13/h5-6,8,11,15H,7H2,1-4H3. The monoisotopic (exact) mass is 242 g/mol. The number of rotatable bonds is 5. The SMILES string of the molecule is COCC(Nc1cc(C)cnc1Cl)C(C)C. The lowest BCUT2D eigenvalue weighted by atomic mass is 10.1. The molecule has 0 fully saturated rings. The molecule has 0 saturated carbocycles. The van der Waals surface area contributed by atoms with Gasteiger partial charge in [0, 0.05) is 13.3 Å². The molecule has 1 atom stereocenters. The number of ether oxygens (including phenoxy) is 1. The predicted molar refractivity (Wildman–Crippen MR) is 68.1 cm³/mol. The fraction of sp³-hybridized carbons (Fsp3) is 0.583.